The zero-order chi connectivity index (χ0) is 14.7. The first-order valence-electron chi connectivity index (χ1n) is 6.48. The Morgan fingerprint density at radius 2 is 1.95 bits per heavy atom. The molecule has 0 fully saturated rings. The summed E-state index contributed by atoms with van der Waals surface area (Å²) in [6, 6.07) is 12.5. The Balaban J connectivity index is 1.68. The standard InChI is InChI=1S/C16H13ClFN3/c17-13-7-14(18)9-15(8-13)20-10-12-1-3-16(4-2-12)21-6-5-19-11-21/h1-9,11,20H,10H2. The van der Waals surface area contributed by atoms with E-state index in [1.165, 1.54) is 12.1 Å². The maximum absolute atomic E-state index is 13.2. The monoisotopic (exact) mass is 301 g/mol. The molecule has 106 valence electrons. The molecule has 1 N–H and O–H groups in total. The van der Waals surface area contributed by atoms with E-state index >= 15 is 0 Å². The Morgan fingerprint density at radius 3 is 2.62 bits per heavy atom. The molecule has 0 saturated heterocycles. The van der Waals surface area contributed by atoms with Crippen LogP contribution in [0.15, 0.2) is 61.2 Å². The number of hydrogen-bond acceptors (Lipinski definition) is 2. The zero-order valence-corrected chi connectivity index (χ0v) is 11.9. The van der Waals surface area contributed by atoms with Crippen LogP contribution in [0.25, 0.3) is 5.69 Å². The maximum Gasteiger partial charge on any atom is 0.126 e. The third-order valence-electron chi connectivity index (χ3n) is 3.10. The van der Waals surface area contributed by atoms with Crippen LogP contribution in [0.3, 0.4) is 0 Å². The maximum atomic E-state index is 13.2. The van der Waals surface area contributed by atoms with Crippen molar-refractivity contribution in [2.75, 3.05) is 5.32 Å². The first kappa shape index (κ1) is 13.6. The van der Waals surface area contributed by atoms with Gasteiger partial charge in [-0.3, -0.25) is 0 Å². The summed E-state index contributed by atoms with van der Waals surface area (Å²) < 4.78 is 15.2. The van der Waals surface area contributed by atoms with Gasteiger partial charge in [0.15, 0.2) is 0 Å². The van der Waals surface area contributed by atoms with Crippen LogP contribution in [-0.4, -0.2) is 9.55 Å². The Bertz CT molecular complexity index is 704. The average Bonchev–Trinajstić information content (AvgIpc) is 2.99. The van der Waals surface area contributed by atoms with Crippen LogP contribution in [-0.2, 0) is 6.54 Å². The highest BCUT2D eigenvalue weighted by atomic mass is 35.5. The van der Waals surface area contributed by atoms with E-state index in [1.807, 2.05) is 35.0 Å². The summed E-state index contributed by atoms with van der Waals surface area (Å²) in [5.74, 6) is -0.347. The Hall–Kier alpha value is -2.33. The van der Waals surface area contributed by atoms with Crippen molar-refractivity contribution < 1.29 is 4.39 Å². The van der Waals surface area contributed by atoms with E-state index in [4.69, 9.17) is 11.6 Å². The van der Waals surface area contributed by atoms with Crippen LogP contribution in [0.2, 0.25) is 5.02 Å². The number of nitrogens with one attached hydrogen (secondary N) is 1. The van der Waals surface area contributed by atoms with Gasteiger partial charge in [-0.15, -0.1) is 0 Å². The first-order valence-corrected chi connectivity index (χ1v) is 6.86. The molecule has 0 aliphatic rings. The summed E-state index contributed by atoms with van der Waals surface area (Å²) in [5.41, 5.74) is 2.81. The van der Waals surface area contributed by atoms with Gasteiger partial charge in [0.05, 0.1) is 6.33 Å². The summed E-state index contributed by atoms with van der Waals surface area (Å²) in [4.78, 5) is 4.02. The fourth-order valence-corrected chi connectivity index (χ4v) is 2.28. The fraction of sp³-hybridized carbons (Fsp3) is 0.0625. The van der Waals surface area contributed by atoms with E-state index in [1.54, 1.807) is 18.6 Å². The molecule has 0 aliphatic heterocycles. The average molecular weight is 302 g/mol. The predicted octanol–water partition coefficient (Wildman–Crippen LogP) is 4.28. The van der Waals surface area contributed by atoms with Gasteiger partial charge >= 0.3 is 0 Å². The summed E-state index contributed by atoms with van der Waals surface area (Å²) >= 11 is 5.82. The highest BCUT2D eigenvalue weighted by Gasteiger charge is 2.00. The fourth-order valence-electron chi connectivity index (χ4n) is 2.06. The number of imidazole rings is 1. The topological polar surface area (TPSA) is 29.9 Å². The van der Waals surface area contributed by atoms with Crippen molar-refractivity contribution in [3.8, 4) is 5.69 Å². The summed E-state index contributed by atoms with van der Waals surface area (Å²) in [7, 11) is 0. The molecule has 21 heavy (non-hydrogen) atoms. The van der Waals surface area contributed by atoms with E-state index in [2.05, 4.69) is 10.3 Å². The quantitative estimate of drug-likeness (QED) is 0.779. The lowest BCUT2D eigenvalue weighted by Gasteiger charge is -2.08. The zero-order valence-electron chi connectivity index (χ0n) is 11.1. The molecule has 0 amide bonds. The molecule has 3 aromatic rings. The van der Waals surface area contributed by atoms with Gasteiger partial charge in [-0.2, -0.15) is 0 Å². The van der Waals surface area contributed by atoms with Crippen molar-refractivity contribution in [3.05, 3.63) is 77.6 Å². The van der Waals surface area contributed by atoms with E-state index in [0.717, 1.165) is 11.3 Å². The number of aromatic nitrogens is 2. The largest absolute Gasteiger partial charge is 0.381 e. The van der Waals surface area contributed by atoms with Crippen LogP contribution < -0.4 is 5.32 Å². The summed E-state index contributed by atoms with van der Waals surface area (Å²) in [6.45, 7) is 0.601. The molecule has 1 heterocycles. The van der Waals surface area contributed by atoms with Crippen LogP contribution in [0.4, 0.5) is 10.1 Å². The lowest BCUT2D eigenvalue weighted by molar-refractivity contribution is 0.628. The van der Waals surface area contributed by atoms with Gasteiger partial charge in [0.2, 0.25) is 0 Å². The molecule has 0 radical (unpaired) electrons. The van der Waals surface area contributed by atoms with Crippen molar-refractivity contribution in [1.82, 2.24) is 9.55 Å². The van der Waals surface area contributed by atoms with Crippen molar-refractivity contribution in [3.63, 3.8) is 0 Å². The third kappa shape index (κ3) is 3.41. The summed E-state index contributed by atoms with van der Waals surface area (Å²) in [6.07, 6.45) is 5.38. The van der Waals surface area contributed by atoms with E-state index in [-0.39, 0.29) is 5.82 Å². The van der Waals surface area contributed by atoms with Crippen molar-refractivity contribution in [2.24, 2.45) is 0 Å². The minimum absolute atomic E-state index is 0.347. The Kier molecular flexibility index (Phi) is 3.88. The van der Waals surface area contributed by atoms with Crippen molar-refractivity contribution in [2.45, 2.75) is 6.54 Å². The number of rotatable bonds is 4. The SMILES string of the molecule is Fc1cc(Cl)cc(NCc2ccc(-n3ccnc3)cc2)c1. The second-order valence-electron chi connectivity index (χ2n) is 4.65. The molecule has 1 aromatic heterocycles. The molecule has 2 aromatic carbocycles. The lowest BCUT2D eigenvalue weighted by atomic mass is 10.2. The molecule has 0 saturated carbocycles. The number of nitrogens with zero attached hydrogens (tertiary/aromatic N) is 2. The van der Waals surface area contributed by atoms with E-state index < -0.39 is 0 Å². The normalized spacial score (nSPS) is 10.6. The van der Waals surface area contributed by atoms with E-state index in [9.17, 15) is 4.39 Å². The molecular formula is C16H13ClFN3. The van der Waals surface area contributed by atoms with Gasteiger partial charge in [0, 0.05) is 35.3 Å². The van der Waals surface area contributed by atoms with Crippen molar-refractivity contribution in [1.29, 1.82) is 0 Å². The number of hydrogen-bond donors (Lipinski definition) is 1. The number of halogens is 2. The highest BCUT2D eigenvalue weighted by molar-refractivity contribution is 6.30. The number of benzene rings is 2. The van der Waals surface area contributed by atoms with Gasteiger partial charge < -0.3 is 9.88 Å². The van der Waals surface area contributed by atoms with Crippen LogP contribution in [0.5, 0.6) is 0 Å². The molecule has 0 aliphatic carbocycles. The molecule has 5 heteroatoms. The second-order valence-corrected chi connectivity index (χ2v) is 5.08. The summed E-state index contributed by atoms with van der Waals surface area (Å²) in [5, 5.41) is 3.54. The van der Waals surface area contributed by atoms with Gasteiger partial charge in [-0.1, -0.05) is 23.7 Å². The predicted molar refractivity (Wildman–Crippen MR) is 82.3 cm³/mol. The van der Waals surface area contributed by atoms with Crippen LogP contribution in [0.1, 0.15) is 5.56 Å². The van der Waals surface area contributed by atoms with E-state index in [0.29, 0.717) is 17.3 Å². The van der Waals surface area contributed by atoms with Crippen molar-refractivity contribution >= 4 is 17.3 Å². The molecule has 3 rings (SSSR count). The third-order valence-corrected chi connectivity index (χ3v) is 3.32. The Morgan fingerprint density at radius 1 is 1.14 bits per heavy atom. The van der Waals surface area contributed by atoms with Crippen LogP contribution >= 0.6 is 11.6 Å². The van der Waals surface area contributed by atoms with Gasteiger partial charge in [0.25, 0.3) is 0 Å². The minimum Gasteiger partial charge on any atom is -0.381 e. The van der Waals surface area contributed by atoms with Crippen LogP contribution in [0, 0.1) is 5.82 Å². The van der Waals surface area contributed by atoms with Gasteiger partial charge in [-0.05, 0) is 35.9 Å². The smallest absolute Gasteiger partial charge is 0.126 e. The molecule has 0 spiro atoms. The molecular weight excluding hydrogens is 289 g/mol. The Labute approximate surface area is 127 Å². The second kappa shape index (κ2) is 5.97. The molecule has 0 unspecified atom stereocenters. The number of anilines is 1. The molecule has 0 atom stereocenters. The molecule has 0 bridgehead atoms. The molecule has 3 nitrogen and oxygen atoms in total. The minimum atomic E-state index is -0.347. The van der Waals surface area contributed by atoms with Gasteiger partial charge in [-0.25, -0.2) is 9.37 Å². The highest BCUT2D eigenvalue weighted by Crippen LogP contribution is 2.19. The first-order chi connectivity index (χ1) is 10.2. The lowest BCUT2D eigenvalue weighted by Crippen LogP contribution is -2.00. The van der Waals surface area contributed by atoms with Gasteiger partial charge in [0.1, 0.15) is 5.82 Å².